The van der Waals surface area contributed by atoms with Crippen molar-refractivity contribution in [2.75, 3.05) is 17.6 Å². The number of ketones is 1. The van der Waals surface area contributed by atoms with E-state index in [2.05, 4.69) is 52.9 Å². The first kappa shape index (κ1) is 34.1. The molecule has 4 aliphatic carbocycles. The summed E-state index contributed by atoms with van der Waals surface area (Å²) < 4.78 is 6.39. The highest BCUT2D eigenvalue weighted by atomic mass is 32.2. The fourth-order valence-corrected chi connectivity index (χ4v) is 10.2. The molecule has 2 aromatic heterocycles. The molecule has 0 spiro atoms. The maximum absolute atomic E-state index is 13.7. The van der Waals surface area contributed by atoms with E-state index in [0.29, 0.717) is 40.9 Å². The van der Waals surface area contributed by atoms with Gasteiger partial charge in [0.25, 0.3) is 0 Å². The first-order valence-corrected chi connectivity index (χ1v) is 18.4. The number of amides is 1. The van der Waals surface area contributed by atoms with Gasteiger partial charge in [0.1, 0.15) is 23.4 Å². The number of aromatic amines is 1. The number of fused-ring (bicyclic) bond motifs is 1. The summed E-state index contributed by atoms with van der Waals surface area (Å²) in [6, 6.07) is 2.18. The number of Topliss-reactive ketones (excluding diaryl/α,β-unsaturated/α-hetero) is 1. The van der Waals surface area contributed by atoms with Crippen molar-refractivity contribution in [1.82, 2.24) is 20.3 Å². The van der Waals surface area contributed by atoms with Crippen molar-refractivity contribution in [2.45, 2.75) is 115 Å². The number of esters is 1. The molecule has 11 heteroatoms. The van der Waals surface area contributed by atoms with Crippen LogP contribution in [0.1, 0.15) is 91.9 Å². The van der Waals surface area contributed by atoms with E-state index in [9.17, 15) is 19.5 Å². The Morgan fingerprint density at radius 2 is 1.94 bits per heavy atom. The number of aliphatic hydroxyl groups excluding tert-OH is 1. The van der Waals surface area contributed by atoms with Gasteiger partial charge in [-0.25, -0.2) is 9.97 Å². The Balaban J connectivity index is 1.19. The minimum absolute atomic E-state index is 0.0443. The van der Waals surface area contributed by atoms with Crippen molar-refractivity contribution >= 4 is 46.3 Å². The Kier molecular flexibility index (Phi) is 9.63. The molecule has 8 atom stereocenters. The number of H-pyrrole nitrogens is 1. The molecule has 4 aliphatic rings. The van der Waals surface area contributed by atoms with Crippen LogP contribution in [0.25, 0.3) is 11.0 Å². The zero-order valence-electron chi connectivity index (χ0n) is 28.3. The van der Waals surface area contributed by atoms with Crippen LogP contribution < -0.4 is 10.6 Å². The monoisotopic (exact) mass is 665 g/mol. The summed E-state index contributed by atoms with van der Waals surface area (Å²) in [6.07, 6.45) is 11.5. The van der Waals surface area contributed by atoms with Crippen LogP contribution in [0.15, 0.2) is 30.1 Å². The molecule has 4 fully saturated rings. The van der Waals surface area contributed by atoms with Gasteiger partial charge in [0.05, 0.1) is 23.8 Å². The summed E-state index contributed by atoms with van der Waals surface area (Å²) in [4.78, 5) is 52.5. The summed E-state index contributed by atoms with van der Waals surface area (Å²) in [5.74, 6) is -0.231. The molecule has 256 valence electrons. The van der Waals surface area contributed by atoms with Gasteiger partial charge in [-0.05, 0) is 61.8 Å². The molecule has 0 aromatic carbocycles. The van der Waals surface area contributed by atoms with Crippen molar-refractivity contribution in [3.05, 3.63) is 24.9 Å². The summed E-state index contributed by atoms with van der Waals surface area (Å²) in [6.45, 7) is 12.7. The quantitative estimate of drug-likeness (QED) is 0.113. The Bertz CT molecular complexity index is 1520. The van der Waals surface area contributed by atoms with Crippen molar-refractivity contribution in [3.63, 3.8) is 0 Å². The van der Waals surface area contributed by atoms with Crippen LogP contribution in [0.3, 0.4) is 0 Å². The van der Waals surface area contributed by atoms with Crippen LogP contribution in [-0.2, 0) is 19.1 Å². The molecule has 1 amide bonds. The van der Waals surface area contributed by atoms with E-state index >= 15 is 0 Å². The molecule has 10 nitrogen and oxygen atoms in total. The maximum Gasteiger partial charge on any atom is 0.316 e. The third-order valence-electron chi connectivity index (χ3n) is 12.7. The fourth-order valence-electron chi connectivity index (χ4n) is 9.62. The molecule has 2 bridgehead atoms. The summed E-state index contributed by atoms with van der Waals surface area (Å²) in [7, 11) is 0. The number of rotatable bonds is 9. The Morgan fingerprint density at radius 1 is 1.17 bits per heavy atom. The lowest BCUT2D eigenvalue weighted by molar-refractivity contribution is -0.205. The van der Waals surface area contributed by atoms with Crippen molar-refractivity contribution in [3.8, 4) is 0 Å². The lowest BCUT2D eigenvalue weighted by atomic mass is 9.44. The van der Waals surface area contributed by atoms with Crippen LogP contribution in [-0.4, -0.2) is 68.3 Å². The maximum atomic E-state index is 13.7. The third-order valence-corrected chi connectivity index (χ3v) is 13.5. The van der Waals surface area contributed by atoms with Crippen LogP contribution in [0.5, 0.6) is 0 Å². The second-order valence-electron chi connectivity index (χ2n) is 15.2. The van der Waals surface area contributed by atoms with E-state index in [1.54, 1.807) is 12.3 Å². The SMILES string of the molecule is C=C[C@]1(C)C[C@@H](OC(=O)CSc2nc(NC(=O)CNC3CCCCC3)c3cc[nH]c3n2)[C@]2(C)[C@H](C)CC[C@]3(CCC(=O)[C@H]32)[C@@H](C)[C@@H]1O. The average Bonchev–Trinajstić information content (AvgIpc) is 3.69. The number of carbonyl (C=O) groups is 3. The fraction of sp³-hybridized carbons (Fsp3) is 0.694. The van der Waals surface area contributed by atoms with Gasteiger partial charge in [0.15, 0.2) is 5.16 Å². The van der Waals surface area contributed by atoms with Gasteiger partial charge in [-0.3, -0.25) is 14.4 Å². The van der Waals surface area contributed by atoms with E-state index in [0.717, 1.165) is 43.9 Å². The van der Waals surface area contributed by atoms with Crippen molar-refractivity contribution < 1.29 is 24.2 Å². The second kappa shape index (κ2) is 13.3. The number of ether oxygens (including phenoxy) is 1. The number of hydrogen-bond donors (Lipinski definition) is 4. The van der Waals surface area contributed by atoms with Crippen LogP contribution >= 0.6 is 11.8 Å². The average molecular weight is 666 g/mol. The van der Waals surface area contributed by atoms with Gasteiger partial charge in [-0.2, -0.15) is 0 Å². The topological polar surface area (TPSA) is 146 Å². The molecule has 0 aliphatic heterocycles. The normalized spacial score (nSPS) is 35.9. The van der Waals surface area contributed by atoms with Gasteiger partial charge in [-0.15, -0.1) is 6.58 Å². The van der Waals surface area contributed by atoms with Gasteiger partial charge < -0.3 is 25.5 Å². The molecule has 6 rings (SSSR count). The van der Waals surface area contributed by atoms with E-state index < -0.39 is 29.0 Å². The highest BCUT2D eigenvalue weighted by molar-refractivity contribution is 7.99. The predicted molar refractivity (Wildman–Crippen MR) is 183 cm³/mol. The summed E-state index contributed by atoms with van der Waals surface area (Å²) in [5, 5.41) is 19.1. The van der Waals surface area contributed by atoms with Gasteiger partial charge >= 0.3 is 5.97 Å². The number of thioether (sulfide) groups is 1. The van der Waals surface area contributed by atoms with Crippen LogP contribution in [0.2, 0.25) is 0 Å². The van der Waals surface area contributed by atoms with Crippen molar-refractivity contribution in [1.29, 1.82) is 0 Å². The first-order chi connectivity index (χ1) is 22.4. The highest BCUT2D eigenvalue weighted by Crippen LogP contribution is 2.68. The second-order valence-corrected chi connectivity index (χ2v) is 16.2. The Labute approximate surface area is 282 Å². The molecule has 0 radical (unpaired) electrons. The zero-order chi connectivity index (χ0) is 33.6. The number of nitrogens with one attached hydrogen (secondary N) is 3. The summed E-state index contributed by atoms with van der Waals surface area (Å²) >= 11 is 1.15. The molecule has 47 heavy (non-hydrogen) atoms. The van der Waals surface area contributed by atoms with Gasteiger partial charge in [0, 0.05) is 35.4 Å². The minimum atomic E-state index is -0.714. The largest absolute Gasteiger partial charge is 0.461 e. The lowest BCUT2D eigenvalue weighted by Gasteiger charge is -2.61. The molecular formula is C36H51N5O5S. The third kappa shape index (κ3) is 6.16. The standard InChI is InChI=1S/C36H51N5O5S/c1-6-34(4)18-26(35(5)21(2)12-15-36(22(3)30(34)45)16-13-25(42)29(35)36)46-28(44)20-47-33-40-31-24(14-17-37-31)32(41-33)39-27(43)19-38-23-10-8-7-9-11-23/h6,14,17,21-23,26,29-30,38,45H,1,7-13,15-16,18-20H2,2-5H3,(H2,37,39,40,41,43)/t21-,22+,26-,29+,30+,34-,35+,36+/m1/s1. The van der Waals surface area contributed by atoms with Gasteiger partial charge in [0.2, 0.25) is 5.91 Å². The van der Waals surface area contributed by atoms with Crippen LogP contribution in [0, 0.1) is 34.0 Å². The first-order valence-electron chi connectivity index (χ1n) is 17.5. The molecule has 0 unspecified atom stereocenters. The molecule has 2 heterocycles. The molecule has 4 saturated carbocycles. The summed E-state index contributed by atoms with van der Waals surface area (Å²) in [5.41, 5.74) is -1.03. The van der Waals surface area contributed by atoms with E-state index in [-0.39, 0.29) is 47.2 Å². The van der Waals surface area contributed by atoms with E-state index in [1.807, 2.05) is 13.0 Å². The van der Waals surface area contributed by atoms with Crippen molar-refractivity contribution in [2.24, 2.45) is 34.0 Å². The number of aromatic nitrogens is 3. The Hall–Kier alpha value is -2.76. The molecular weight excluding hydrogens is 614 g/mol. The molecule has 0 saturated heterocycles. The predicted octanol–water partition coefficient (Wildman–Crippen LogP) is 5.82. The molecule has 2 aromatic rings. The minimum Gasteiger partial charge on any atom is -0.461 e. The number of aliphatic hydroxyl groups is 1. The lowest BCUT2D eigenvalue weighted by Crippen LogP contribution is -2.63. The number of nitrogens with zero attached hydrogens (tertiary/aromatic N) is 2. The molecule has 4 N–H and O–H groups in total. The van der Waals surface area contributed by atoms with Gasteiger partial charge in [-0.1, -0.05) is 64.8 Å². The Morgan fingerprint density at radius 3 is 2.68 bits per heavy atom. The number of anilines is 1. The van der Waals surface area contributed by atoms with E-state index in [4.69, 9.17) is 4.74 Å². The smallest absolute Gasteiger partial charge is 0.316 e. The number of hydrogen-bond acceptors (Lipinski definition) is 9. The van der Waals surface area contributed by atoms with E-state index in [1.165, 1.54) is 19.3 Å². The highest BCUT2D eigenvalue weighted by Gasteiger charge is 2.68. The zero-order valence-corrected chi connectivity index (χ0v) is 29.1. The van der Waals surface area contributed by atoms with Crippen LogP contribution in [0.4, 0.5) is 5.82 Å². The number of carbonyl (C=O) groups excluding carboxylic acids is 3.